The molecule has 0 saturated carbocycles. The molecule has 0 aliphatic rings. The maximum absolute atomic E-state index is 11.3. The van der Waals surface area contributed by atoms with Gasteiger partial charge in [-0.2, -0.15) is 0 Å². The molecule has 0 fully saturated rings. The third-order valence-electron chi connectivity index (χ3n) is 2.67. The Morgan fingerprint density at radius 3 is 2.12 bits per heavy atom. The molecule has 0 atom stereocenters. The molecule has 96 valence electrons. The van der Waals surface area contributed by atoms with Crippen LogP contribution in [0.4, 0.5) is 0 Å². The standard InChI is InChI=1S/C14H28O2/c1-3-5-6-7-8-9-10-11-14(15)13-16-12-4-2/h3-13H2,1-2H3. The summed E-state index contributed by atoms with van der Waals surface area (Å²) in [6, 6.07) is 0. The number of carbonyl (C=O) groups is 1. The Labute approximate surface area is 101 Å². The van der Waals surface area contributed by atoms with Crippen molar-refractivity contribution in [3.8, 4) is 0 Å². The molecule has 0 saturated heterocycles. The second kappa shape index (κ2) is 12.7. The molecule has 0 amide bonds. The van der Waals surface area contributed by atoms with Crippen molar-refractivity contribution in [2.75, 3.05) is 13.2 Å². The fourth-order valence-electron chi connectivity index (χ4n) is 1.68. The molecule has 0 aliphatic heterocycles. The highest BCUT2D eigenvalue weighted by atomic mass is 16.5. The molecule has 0 N–H and O–H groups in total. The highest BCUT2D eigenvalue weighted by molar-refractivity contribution is 5.79. The van der Waals surface area contributed by atoms with Crippen molar-refractivity contribution in [1.29, 1.82) is 0 Å². The van der Waals surface area contributed by atoms with Crippen LogP contribution in [-0.2, 0) is 9.53 Å². The third kappa shape index (κ3) is 11.7. The zero-order valence-electron chi connectivity index (χ0n) is 11.1. The van der Waals surface area contributed by atoms with E-state index in [0.717, 1.165) is 12.8 Å². The Bertz CT molecular complexity index is 155. The van der Waals surface area contributed by atoms with Crippen molar-refractivity contribution < 1.29 is 9.53 Å². The summed E-state index contributed by atoms with van der Waals surface area (Å²) in [5, 5.41) is 0. The first-order chi connectivity index (χ1) is 7.81. The molecular weight excluding hydrogens is 200 g/mol. The van der Waals surface area contributed by atoms with Gasteiger partial charge in [-0.05, 0) is 12.8 Å². The lowest BCUT2D eigenvalue weighted by Gasteiger charge is -2.02. The van der Waals surface area contributed by atoms with Crippen molar-refractivity contribution >= 4 is 5.78 Å². The van der Waals surface area contributed by atoms with Crippen LogP contribution < -0.4 is 0 Å². The summed E-state index contributed by atoms with van der Waals surface area (Å²) in [6.45, 7) is 5.32. The lowest BCUT2D eigenvalue weighted by molar-refractivity contribution is -0.123. The van der Waals surface area contributed by atoms with E-state index in [9.17, 15) is 4.79 Å². The number of hydrogen-bond acceptors (Lipinski definition) is 2. The number of hydrogen-bond donors (Lipinski definition) is 0. The smallest absolute Gasteiger partial charge is 0.158 e. The summed E-state index contributed by atoms with van der Waals surface area (Å²) in [5.41, 5.74) is 0. The van der Waals surface area contributed by atoms with Crippen LogP contribution >= 0.6 is 0 Å². The predicted molar refractivity (Wildman–Crippen MR) is 68.7 cm³/mol. The van der Waals surface area contributed by atoms with Crippen molar-refractivity contribution in [1.82, 2.24) is 0 Å². The van der Waals surface area contributed by atoms with Gasteiger partial charge in [0.05, 0.1) is 0 Å². The summed E-state index contributed by atoms with van der Waals surface area (Å²) in [5.74, 6) is 0.266. The van der Waals surface area contributed by atoms with Gasteiger partial charge in [-0.15, -0.1) is 0 Å². The van der Waals surface area contributed by atoms with Crippen LogP contribution in [0.25, 0.3) is 0 Å². The highest BCUT2D eigenvalue weighted by Gasteiger charge is 2.01. The van der Waals surface area contributed by atoms with Gasteiger partial charge in [0.25, 0.3) is 0 Å². The Morgan fingerprint density at radius 2 is 1.50 bits per heavy atom. The zero-order chi connectivity index (χ0) is 12.1. The normalized spacial score (nSPS) is 10.6. The first-order valence-corrected chi connectivity index (χ1v) is 6.90. The molecule has 0 aromatic heterocycles. The van der Waals surface area contributed by atoms with Gasteiger partial charge in [0.2, 0.25) is 0 Å². The molecule has 0 radical (unpaired) electrons. The number of ketones is 1. The van der Waals surface area contributed by atoms with Crippen molar-refractivity contribution in [3.63, 3.8) is 0 Å². The van der Waals surface area contributed by atoms with E-state index >= 15 is 0 Å². The molecule has 16 heavy (non-hydrogen) atoms. The van der Waals surface area contributed by atoms with Crippen LogP contribution in [0.5, 0.6) is 0 Å². The molecular formula is C14H28O2. The number of carbonyl (C=O) groups excluding carboxylic acids is 1. The number of Topliss-reactive ketones (excluding diaryl/α,β-unsaturated/α-hetero) is 1. The quantitative estimate of drug-likeness (QED) is 0.470. The average Bonchev–Trinajstić information content (AvgIpc) is 2.28. The van der Waals surface area contributed by atoms with E-state index in [1.807, 2.05) is 0 Å². The minimum absolute atomic E-state index is 0.266. The van der Waals surface area contributed by atoms with E-state index < -0.39 is 0 Å². The fraction of sp³-hybridized carbons (Fsp3) is 0.929. The average molecular weight is 228 g/mol. The van der Waals surface area contributed by atoms with Gasteiger partial charge in [0, 0.05) is 13.0 Å². The van der Waals surface area contributed by atoms with E-state index in [1.54, 1.807) is 0 Å². The van der Waals surface area contributed by atoms with Crippen LogP contribution in [0.2, 0.25) is 0 Å². The second-order valence-electron chi connectivity index (χ2n) is 4.46. The molecule has 2 nitrogen and oxygen atoms in total. The van der Waals surface area contributed by atoms with Crippen molar-refractivity contribution in [2.24, 2.45) is 0 Å². The van der Waals surface area contributed by atoms with Gasteiger partial charge in [-0.25, -0.2) is 0 Å². The zero-order valence-corrected chi connectivity index (χ0v) is 11.1. The van der Waals surface area contributed by atoms with E-state index in [4.69, 9.17) is 4.74 Å². The van der Waals surface area contributed by atoms with Crippen LogP contribution in [0, 0.1) is 0 Å². The molecule has 0 aromatic carbocycles. The number of rotatable bonds is 12. The van der Waals surface area contributed by atoms with Crippen molar-refractivity contribution in [2.45, 2.75) is 71.6 Å². The molecule has 0 bridgehead atoms. The molecule has 0 aromatic rings. The van der Waals surface area contributed by atoms with Gasteiger partial charge >= 0.3 is 0 Å². The lowest BCUT2D eigenvalue weighted by atomic mass is 10.1. The molecule has 0 heterocycles. The van der Waals surface area contributed by atoms with E-state index in [2.05, 4.69) is 13.8 Å². The van der Waals surface area contributed by atoms with Gasteiger partial charge in [0.1, 0.15) is 6.61 Å². The minimum Gasteiger partial charge on any atom is -0.374 e. The monoisotopic (exact) mass is 228 g/mol. The Kier molecular flexibility index (Phi) is 12.4. The highest BCUT2D eigenvalue weighted by Crippen LogP contribution is 2.08. The Morgan fingerprint density at radius 1 is 0.875 bits per heavy atom. The summed E-state index contributed by atoms with van der Waals surface area (Å²) in [7, 11) is 0. The first-order valence-electron chi connectivity index (χ1n) is 6.90. The Balaban J connectivity index is 3.09. The number of ether oxygens (including phenoxy) is 1. The second-order valence-corrected chi connectivity index (χ2v) is 4.46. The summed E-state index contributed by atoms with van der Waals surface area (Å²) in [6.07, 6.45) is 10.5. The van der Waals surface area contributed by atoms with Gasteiger partial charge in [-0.1, -0.05) is 52.4 Å². The lowest BCUT2D eigenvalue weighted by Crippen LogP contribution is -2.08. The summed E-state index contributed by atoms with van der Waals surface area (Å²) in [4.78, 5) is 11.3. The van der Waals surface area contributed by atoms with E-state index in [-0.39, 0.29) is 5.78 Å². The van der Waals surface area contributed by atoms with E-state index in [1.165, 1.54) is 38.5 Å². The van der Waals surface area contributed by atoms with Crippen LogP contribution in [-0.4, -0.2) is 19.0 Å². The molecule has 0 unspecified atom stereocenters. The topological polar surface area (TPSA) is 26.3 Å². The molecule has 2 heteroatoms. The fourth-order valence-corrected chi connectivity index (χ4v) is 1.68. The van der Waals surface area contributed by atoms with Gasteiger partial charge in [-0.3, -0.25) is 4.79 Å². The Hall–Kier alpha value is -0.370. The molecule has 0 rings (SSSR count). The SMILES string of the molecule is CCCCCCCCCC(=O)COCCC. The van der Waals surface area contributed by atoms with Crippen LogP contribution in [0.15, 0.2) is 0 Å². The minimum atomic E-state index is 0.266. The van der Waals surface area contributed by atoms with Crippen LogP contribution in [0.1, 0.15) is 71.6 Å². The van der Waals surface area contributed by atoms with Crippen LogP contribution in [0.3, 0.4) is 0 Å². The largest absolute Gasteiger partial charge is 0.374 e. The number of unbranched alkanes of at least 4 members (excludes halogenated alkanes) is 6. The maximum Gasteiger partial charge on any atom is 0.158 e. The molecule has 0 spiro atoms. The van der Waals surface area contributed by atoms with E-state index in [0.29, 0.717) is 19.6 Å². The maximum atomic E-state index is 11.3. The first kappa shape index (κ1) is 15.6. The summed E-state index contributed by atoms with van der Waals surface area (Å²) >= 11 is 0. The van der Waals surface area contributed by atoms with Gasteiger partial charge < -0.3 is 4.74 Å². The predicted octanol–water partition coefficient (Wildman–Crippen LogP) is 4.12. The van der Waals surface area contributed by atoms with Crippen molar-refractivity contribution in [3.05, 3.63) is 0 Å². The molecule has 0 aliphatic carbocycles. The van der Waals surface area contributed by atoms with Gasteiger partial charge in [0.15, 0.2) is 5.78 Å². The summed E-state index contributed by atoms with van der Waals surface area (Å²) < 4.78 is 5.21. The third-order valence-corrected chi connectivity index (χ3v) is 2.67.